The molecule has 0 fully saturated rings. The Kier molecular flexibility index (Phi) is 2.78. The van der Waals surface area contributed by atoms with Gasteiger partial charge in [-0.1, -0.05) is 17.5 Å². The Labute approximate surface area is 80.7 Å². The molecular formula is C9H7ClN2O. The first-order valence-electron chi connectivity index (χ1n) is 3.45. The van der Waals surface area contributed by atoms with E-state index in [2.05, 4.69) is 11.8 Å². The molecule has 1 aromatic carbocycles. The summed E-state index contributed by atoms with van der Waals surface area (Å²) in [4.78, 5) is 10.3. The molecule has 0 aromatic heterocycles. The summed E-state index contributed by atoms with van der Waals surface area (Å²) in [5.74, 6) is 4.05. The van der Waals surface area contributed by atoms with Gasteiger partial charge < -0.3 is 11.5 Å². The second-order valence-corrected chi connectivity index (χ2v) is 2.82. The fourth-order valence-electron chi connectivity index (χ4n) is 0.818. The molecule has 0 unspecified atom stereocenters. The molecule has 0 aliphatic heterocycles. The van der Waals surface area contributed by atoms with Crippen molar-refractivity contribution in [3.63, 3.8) is 0 Å². The number of primary amides is 1. The topological polar surface area (TPSA) is 69.1 Å². The van der Waals surface area contributed by atoms with E-state index in [9.17, 15) is 4.79 Å². The first kappa shape index (κ1) is 9.43. The van der Waals surface area contributed by atoms with E-state index in [1.165, 1.54) is 0 Å². The van der Waals surface area contributed by atoms with Crippen molar-refractivity contribution in [1.82, 2.24) is 0 Å². The minimum Gasteiger partial charge on any atom is -0.399 e. The maximum Gasteiger partial charge on any atom is 0.293 e. The molecular weight excluding hydrogens is 188 g/mol. The Bertz CT molecular complexity index is 384. The van der Waals surface area contributed by atoms with E-state index in [0.29, 0.717) is 16.3 Å². The summed E-state index contributed by atoms with van der Waals surface area (Å²) < 4.78 is 0. The summed E-state index contributed by atoms with van der Waals surface area (Å²) in [7, 11) is 0. The lowest BCUT2D eigenvalue weighted by atomic mass is 10.2. The number of nitrogens with two attached hydrogens (primary N) is 2. The molecule has 13 heavy (non-hydrogen) atoms. The summed E-state index contributed by atoms with van der Waals surface area (Å²) in [6.45, 7) is 0. The molecule has 4 heteroatoms. The lowest BCUT2D eigenvalue weighted by Crippen LogP contribution is -2.06. The Hall–Kier alpha value is -1.66. The van der Waals surface area contributed by atoms with Gasteiger partial charge in [0, 0.05) is 16.3 Å². The average Bonchev–Trinajstić information content (AvgIpc) is 1.99. The Morgan fingerprint density at radius 3 is 2.62 bits per heavy atom. The number of hydrogen-bond acceptors (Lipinski definition) is 2. The second kappa shape index (κ2) is 3.83. The van der Waals surface area contributed by atoms with Crippen LogP contribution in [0, 0.1) is 11.8 Å². The lowest BCUT2D eigenvalue weighted by molar-refractivity contribution is -0.112. The summed E-state index contributed by atoms with van der Waals surface area (Å²) in [6, 6.07) is 4.81. The highest BCUT2D eigenvalue weighted by Crippen LogP contribution is 2.15. The summed E-state index contributed by atoms with van der Waals surface area (Å²) in [5, 5.41) is 0.480. The number of carbonyl (C=O) groups excluding carboxylic acids is 1. The number of anilines is 1. The van der Waals surface area contributed by atoms with E-state index in [1.807, 2.05) is 0 Å². The summed E-state index contributed by atoms with van der Waals surface area (Å²) in [6.07, 6.45) is 0. The van der Waals surface area contributed by atoms with Crippen LogP contribution in [0.3, 0.4) is 0 Å². The third-order valence-electron chi connectivity index (χ3n) is 1.25. The van der Waals surface area contributed by atoms with Gasteiger partial charge >= 0.3 is 0 Å². The Balaban J connectivity index is 3.04. The Morgan fingerprint density at radius 1 is 1.38 bits per heavy atom. The van der Waals surface area contributed by atoms with Crippen LogP contribution in [0.2, 0.25) is 5.02 Å². The smallest absolute Gasteiger partial charge is 0.293 e. The van der Waals surface area contributed by atoms with Crippen molar-refractivity contribution in [1.29, 1.82) is 0 Å². The van der Waals surface area contributed by atoms with Crippen molar-refractivity contribution in [3.05, 3.63) is 28.8 Å². The van der Waals surface area contributed by atoms with Crippen LogP contribution in [0.4, 0.5) is 5.69 Å². The van der Waals surface area contributed by atoms with Gasteiger partial charge in [-0.3, -0.25) is 4.79 Å². The summed E-state index contributed by atoms with van der Waals surface area (Å²) in [5.41, 5.74) is 11.4. The minimum absolute atomic E-state index is 0.480. The van der Waals surface area contributed by atoms with Gasteiger partial charge in [-0.15, -0.1) is 0 Å². The number of amides is 1. The van der Waals surface area contributed by atoms with Gasteiger partial charge in [0.25, 0.3) is 5.91 Å². The monoisotopic (exact) mass is 194 g/mol. The third kappa shape index (κ3) is 3.06. The standard InChI is InChI=1S/C9H7ClN2O/c10-7-3-6(1-2-9(12)13)4-8(11)5-7/h3-5H,11H2,(H2,12,13). The second-order valence-electron chi connectivity index (χ2n) is 2.39. The molecule has 66 valence electrons. The van der Waals surface area contributed by atoms with E-state index < -0.39 is 5.91 Å². The van der Waals surface area contributed by atoms with Crippen molar-refractivity contribution in [2.75, 3.05) is 5.73 Å². The molecule has 1 amide bonds. The van der Waals surface area contributed by atoms with Gasteiger partial charge in [-0.25, -0.2) is 0 Å². The number of halogens is 1. The third-order valence-corrected chi connectivity index (χ3v) is 1.47. The number of rotatable bonds is 0. The van der Waals surface area contributed by atoms with Crippen molar-refractivity contribution in [2.24, 2.45) is 5.73 Å². The van der Waals surface area contributed by atoms with Crippen molar-refractivity contribution in [3.8, 4) is 11.8 Å². The van der Waals surface area contributed by atoms with E-state index in [-0.39, 0.29) is 0 Å². The SMILES string of the molecule is NC(=O)C#Cc1cc(N)cc(Cl)c1. The number of carbonyl (C=O) groups is 1. The van der Waals surface area contributed by atoms with Gasteiger partial charge in [-0.2, -0.15) is 0 Å². The predicted octanol–water partition coefficient (Wildman–Crippen LogP) is 0.759. The van der Waals surface area contributed by atoms with Crippen LogP contribution in [0.25, 0.3) is 0 Å². The predicted molar refractivity (Wildman–Crippen MR) is 51.9 cm³/mol. The maximum absolute atomic E-state index is 10.3. The molecule has 0 spiro atoms. The van der Waals surface area contributed by atoms with E-state index >= 15 is 0 Å². The highest BCUT2D eigenvalue weighted by atomic mass is 35.5. The zero-order valence-corrected chi connectivity index (χ0v) is 7.43. The van der Waals surface area contributed by atoms with Crippen molar-refractivity contribution < 1.29 is 4.79 Å². The molecule has 1 aromatic rings. The minimum atomic E-state index is -0.682. The Morgan fingerprint density at radius 2 is 2.08 bits per heavy atom. The molecule has 4 N–H and O–H groups in total. The molecule has 0 radical (unpaired) electrons. The fourth-order valence-corrected chi connectivity index (χ4v) is 1.06. The maximum atomic E-state index is 10.3. The van der Waals surface area contributed by atoms with E-state index in [1.54, 1.807) is 18.2 Å². The van der Waals surface area contributed by atoms with Crippen LogP contribution in [-0.4, -0.2) is 5.91 Å². The first-order chi connectivity index (χ1) is 6.08. The van der Waals surface area contributed by atoms with Gasteiger partial charge in [0.15, 0.2) is 0 Å². The summed E-state index contributed by atoms with van der Waals surface area (Å²) >= 11 is 5.70. The van der Waals surface area contributed by atoms with E-state index in [4.69, 9.17) is 23.1 Å². The van der Waals surface area contributed by atoms with Crippen LogP contribution in [0.5, 0.6) is 0 Å². The lowest BCUT2D eigenvalue weighted by Gasteiger charge is -1.95. The van der Waals surface area contributed by atoms with Crippen LogP contribution in [-0.2, 0) is 4.79 Å². The highest BCUT2D eigenvalue weighted by Gasteiger charge is 1.93. The molecule has 0 saturated heterocycles. The van der Waals surface area contributed by atoms with Crippen molar-refractivity contribution in [2.45, 2.75) is 0 Å². The first-order valence-corrected chi connectivity index (χ1v) is 3.83. The molecule has 1 rings (SSSR count). The van der Waals surface area contributed by atoms with Crippen molar-refractivity contribution >= 4 is 23.2 Å². The van der Waals surface area contributed by atoms with Gasteiger partial charge in [0.2, 0.25) is 0 Å². The molecule has 0 heterocycles. The molecule has 0 bridgehead atoms. The van der Waals surface area contributed by atoms with Gasteiger partial charge in [-0.05, 0) is 24.1 Å². The van der Waals surface area contributed by atoms with Crippen LogP contribution < -0.4 is 11.5 Å². The zero-order valence-electron chi connectivity index (χ0n) is 6.67. The fraction of sp³-hybridized carbons (Fsp3) is 0. The van der Waals surface area contributed by atoms with Crippen LogP contribution >= 0.6 is 11.6 Å². The van der Waals surface area contributed by atoms with Gasteiger partial charge in [0.1, 0.15) is 0 Å². The average molecular weight is 195 g/mol. The zero-order chi connectivity index (χ0) is 9.84. The number of hydrogen-bond donors (Lipinski definition) is 2. The van der Waals surface area contributed by atoms with E-state index in [0.717, 1.165) is 0 Å². The molecule has 0 aliphatic rings. The molecule has 0 aliphatic carbocycles. The number of benzene rings is 1. The van der Waals surface area contributed by atoms with Gasteiger partial charge in [0.05, 0.1) is 0 Å². The van der Waals surface area contributed by atoms with Crippen LogP contribution in [0.1, 0.15) is 5.56 Å². The molecule has 0 saturated carbocycles. The van der Waals surface area contributed by atoms with Crippen LogP contribution in [0.15, 0.2) is 18.2 Å². The normalized spacial score (nSPS) is 8.69. The molecule has 3 nitrogen and oxygen atoms in total. The quantitative estimate of drug-likeness (QED) is 0.473. The largest absolute Gasteiger partial charge is 0.399 e. The highest BCUT2D eigenvalue weighted by molar-refractivity contribution is 6.31. The molecule has 0 atom stereocenters. The number of nitrogen functional groups attached to an aromatic ring is 1.